The van der Waals surface area contributed by atoms with Gasteiger partial charge in [0.15, 0.2) is 0 Å². The van der Waals surface area contributed by atoms with Crippen LogP contribution in [-0.4, -0.2) is 64.8 Å². The van der Waals surface area contributed by atoms with E-state index in [2.05, 4.69) is 35.9 Å². The van der Waals surface area contributed by atoms with Gasteiger partial charge in [-0.15, -0.1) is 0 Å². The second-order valence-corrected chi connectivity index (χ2v) is 13.9. The summed E-state index contributed by atoms with van der Waals surface area (Å²) in [5.41, 5.74) is -0.758. The molecule has 3 N–H and O–H groups in total. The minimum Gasteiger partial charge on any atom is -0.350 e. The zero-order valence-electron chi connectivity index (χ0n) is 22.4. The largest absolute Gasteiger partial charge is 0.350 e. The highest BCUT2D eigenvalue weighted by Gasteiger charge is 2.70. The van der Waals surface area contributed by atoms with Gasteiger partial charge in [-0.25, -0.2) is 8.78 Å². The summed E-state index contributed by atoms with van der Waals surface area (Å²) in [6.45, 7) is 10.3. The number of nitrogens with zero attached hydrogens (tertiary/aromatic N) is 2. The second kappa shape index (κ2) is 8.36. The molecule has 6 unspecified atom stereocenters. The summed E-state index contributed by atoms with van der Waals surface area (Å²) >= 11 is 0. The Hall–Kier alpha value is -2.28. The van der Waals surface area contributed by atoms with E-state index in [0.29, 0.717) is 13.0 Å². The van der Waals surface area contributed by atoms with Crippen LogP contribution in [0.1, 0.15) is 73.1 Å². The highest BCUT2D eigenvalue weighted by atomic mass is 19.3. The van der Waals surface area contributed by atoms with Crippen LogP contribution < -0.4 is 16.0 Å². The van der Waals surface area contributed by atoms with Crippen LogP contribution in [0.2, 0.25) is 0 Å². The summed E-state index contributed by atoms with van der Waals surface area (Å²) in [7, 11) is 0. The van der Waals surface area contributed by atoms with Crippen molar-refractivity contribution in [2.24, 2.45) is 28.6 Å². The van der Waals surface area contributed by atoms with Gasteiger partial charge >= 0.3 is 0 Å². The number of piperidine rings is 1. The topological polar surface area (TPSA) is 114 Å². The number of amides is 3. The summed E-state index contributed by atoms with van der Waals surface area (Å²) in [5, 5.41) is 18.8. The summed E-state index contributed by atoms with van der Waals surface area (Å²) in [4.78, 5) is 41.5. The number of nitriles is 1. The highest BCUT2D eigenvalue weighted by molar-refractivity contribution is 5.92. The summed E-state index contributed by atoms with van der Waals surface area (Å²) in [6, 6.07) is -0.579. The second-order valence-electron chi connectivity index (χ2n) is 13.9. The number of halogens is 2. The summed E-state index contributed by atoms with van der Waals surface area (Å²) in [6.07, 6.45) is 2.25. The van der Waals surface area contributed by atoms with E-state index in [9.17, 15) is 28.4 Å². The molecule has 0 bridgehead atoms. The van der Waals surface area contributed by atoms with Gasteiger partial charge in [-0.3, -0.25) is 14.4 Å². The molecule has 5 aliphatic rings. The van der Waals surface area contributed by atoms with Crippen molar-refractivity contribution in [3.63, 3.8) is 0 Å². The van der Waals surface area contributed by atoms with E-state index < -0.39 is 35.5 Å². The Labute approximate surface area is 217 Å². The van der Waals surface area contributed by atoms with Crippen LogP contribution in [0.5, 0.6) is 0 Å². The Balaban J connectivity index is 1.29. The number of fused-ring (bicyclic) bond motifs is 1. The third-order valence-corrected chi connectivity index (χ3v) is 9.61. The number of rotatable bonds is 7. The number of nitrogens with one attached hydrogen (secondary N) is 3. The maximum atomic E-state index is 13.9. The zero-order valence-corrected chi connectivity index (χ0v) is 22.4. The van der Waals surface area contributed by atoms with Crippen molar-refractivity contribution in [1.29, 1.82) is 5.26 Å². The Morgan fingerprint density at radius 2 is 1.86 bits per heavy atom. The quantitative estimate of drug-likeness (QED) is 0.478. The van der Waals surface area contributed by atoms with E-state index in [4.69, 9.17) is 0 Å². The molecule has 0 aromatic heterocycles. The maximum Gasteiger partial charge on any atom is 0.251 e. The predicted octanol–water partition coefficient (Wildman–Crippen LogP) is 2.34. The van der Waals surface area contributed by atoms with Crippen molar-refractivity contribution in [3.05, 3.63) is 0 Å². The molecule has 0 aromatic rings. The fourth-order valence-corrected chi connectivity index (χ4v) is 7.02. The Bertz CT molecular complexity index is 1040. The zero-order chi connectivity index (χ0) is 27.1. The minimum atomic E-state index is -2.70. The van der Waals surface area contributed by atoms with Gasteiger partial charge in [-0.1, -0.05) is 34.6 Å². The molecular formula is C27H39F2N5O3. The van der Waals surface area contributed by atoms with Crippen molar-refractivity contribution in [2.75, 3.05) is 6.54 Å². The number of alkyl halides is 2. The molecule has 6 atom stereocenters. The van der Waals surface area contributed by atoms with Crippen LogP contribution in [0.15, 0.2) is 0 Å². The average molecular weight is 520 g/mol. The Kier molecular flexibility index (Phi) is 5.95. The molecule has 10 heteroatoms. The molecule has 3 aliphatic carbocycles. The smallest absolute Gasteiger partial charge is 0.251 e. The first-order chi connectivity index (χ1) is 17.1. The normalized spacial score (nSPS) is 34.1. The van der Waals surface area contributed by atoms with Crippen molar-refractivity contribution >= 4 is 17.7 Å². The molecule has 3 saturated carbocycles. The van der Waals surface area contributed by atoms with Crippen molar-refractivity contribution < 1.29 is 23.2 Å². The molecule has 2 saturated heterocycles. The number of likely N-dealkylation sites (tertiary alicyclic amines) is 1. The van der Waals surface area contributed by atoms with Gasteiger partial charge in [0.05, 0.1) is 12.1 Å². The molecule has 5 fully saturated rings. The minimum absolute atomic E-state index is 0.0334. The molecule has 8 nitrogen and oxygen atoms in total. The molecule has 2 heterocycles. The molecule has 3 amide bonds. The number of carbonyl (C=O) groups excluding carboxylic acids is 3. The van der Waals surface area contributed by atoms with E-state index in [1.165, 1.54) is 0 Å². The van der Waals surface area contributed by atoms with Gasteiger partial charge in [-0.2, -0.15) is 5.26 Å². The summed E-state index contributed by atoms with van der Waals surface area (Å²) < 4.78 is 27.0. The first kappa shape index (κ1) is 26.3. The van der Waals surface area contributed by atoms with Gasteiger partial charge < -0.3 is 20.9 Å². The van der Waals surface area contributed by atoms with Crippen LogP contribution in [0.4, 0.5) is 8.78 Å². The van der Waals surface area contributed by atoms with Crippen LogP contribution in [-0.2, 0) is 14.4 Å². The molecule has 0 radical (unpaired) electrons. The number of hydrogen-bond donors (Lipinski definition) is 3. The molecule has 2 aliphatic heterocycles. The number of hydrogen-bond acceptors (Lipinski definition) is 5. The fraction of sp³-hybridized carbons (Fsp3) is 0.852. The number of carbonyl (C=O) groups is 3. The first-order valence-corrected chi connectivity index (χ1v) is 13.5. The van der Waals surface area contributed by atoms with Crippen molar-refractivity contribution in [2.45, 2.75) is 109 Å². The fourth-order valence-electron chi connectivity index (χ4n) is 7.02. The molecule has 37 heavy (non-hydrogen) atoms. The lowest BCUT2D eigenvalue weighted by Crippen LogP contribution is -2.62. The average Bonchev–Trinajstić information content (AvgIpc) is 3.48. The Morgan fingerprint density at radius 3 is 2.38 bits per heavy atom. The van der Waals surface area contributed by atoms with Gasteiger partial charge in [-0.05, 0) is 48.3 Å². The molecular weight excluding hydrogens is 480 g/mol. The van der Waals surface area contributed by atoms with Crippen LogP contribution in [0.25, 0.3) is 0 Å². The third-order valence-electron chi connectivity index (χ3n) is 9.61. The lowest BCUT2D eigenvalue weighted by Gasteiger charge is -2.43. The third kappa shape index (κ3) is 4.73. The Morgan fingerprint density at radius 1 is 1.22 bits per heavy atom. The lowest BCUT2D eigenvalue weighted by molar-refractivity contribution is -0.146. The predicted molar refractivity (Wildman–Crippen MR) is 131 cm³/mol. The first-order valence-electron chi connectivity index (χ1n) is 13.5. The van der Waals surface area contributed by atoms with Crippen molar-refractivity contribution in [1.82, 2.24) is 20.9 Å². The van der Waals surface area contributed by atoms with E-state index in [-0.39, 0.29) is 65.7 Å². The maximum absolute atomic E-state index is 13.9. The van der Waals surface area contributed by atoms with Gasteiger partial charge in [0, 0.05) is 36.9 Å². The van der Waals surface area contributed by atoms with Crippen LogP contribution >= 0.6 is 0 Å². The van der Waals surface area contributed by atoms with Crippen LogP contribution in [0.3, 0.4) is 0 Å². The molecule has 0 aromatic carbocycles. The SMILES string of the molecule is CC(C)(C)C(NC1CC(F)(F)C1)C(=O)N1CC2C(C1C(=O)NC(C#N)CC1CC3(CC3)NC1=O)C2(C)C. The van der Waals surface area contributed by atoms with Gasteiger partial charge in [0.2, 0.25) is 17.7 Å². The van der Waals surface area contributed by atoms with Gasteiger partial charge in [0.25, 0.3) is 5.92 Å². The lowest BCUT2D eigenvalue weighted by atomic mass is 9.81. The highest BCUT2D eigenvalue weighted by Crippen LogP contribution is 2.65. The van der Waals surface area contributed by atoms with E-state index in [1.54, 1.807) is 4.90 Å². The summed E-state index contributed by atoms with van der Waals surface area (Å²) in [5.74, 6) is -3.58. The van der Waals surface area contributed by atoms with E-state index in [0.717, 1.165) is 12.8 Å². The van der Waals surface area contributed by atoms with Gasteiger partial charge in [0.1, 0.15) is 12.1 Å². The standard InChI is InChI=1S/C27H39F2N5O3/c1-24(2,3)20(31-16-10-27(28,29)11-16)23(37)34-13-17-18(25(17,4)5)19(34)22(36)32-15(12-30)8-14-9-26(6-7-26)33-21(14)35/h14-20,31H,6-11,13H2,1-5H3,(H,32,36)(H,33,35). The molecule has 1 spiro atoms. The molecule has 204 valence electrons. The van der Waals surface area contributed by atoms with E-state index >= 15 is 0 Å². The molecule has 5 rings (SSSR count). The van der Waals surface area contributed by atoms with E-state index in [1.807, 2.05) is 20.8 Å². The monoisotopic (exact) mass is 519 g/mol. The van der Waals surface area contributed by atoms with Crippen molar-refractivity contribution in [3.8, 4) is 6.07 Å². The van der Waals surface area contributed by atoms with Crippen LogP contribution in [0, 0.1) is 39.9 Å².